The average molecular weight is 459 g/mol. The van der Waals surface area contributed by atoms with Crippen LogP contribution in [0.2, 0.25) is 0 Å². The number of nitrogens with one attached hydrogen (secondary N) is 1. The van der Waals surface area contributed by atoms with Gasteiger partial charge in [-0.1, -0.05) is 38.1 Å². The molecule has 0 bridgehead atoms. The maximum Gasteiger partial charge on any atom is 0.416 e. The minimum Gasteiger partial charge on any atom is -0.464 e. The van der Waals surface area contributed by atoms with Crippen LogP contribution in [0, 0.1) is 6.92 Å². The molecule has 3 heterocycles. The molecule has 174 valence electrons. The standard InChI is InChI=1S/C22H23F2N5O4/c1-12(2)14-6-4-5-7-15(14)22(10-29(11-22)20-27-21(31)33-28-20)18(30)26-16-9-8-13(3)25-17(16)32-19(23)24/h4-9,12,19H,10-11H2,1-3H3,(H,26,30)(H,27,28,31). The highest BCUT2D eigenvalue weighted by Gasteiger charge is 2.53. The van der Waals surface area contributed by atoms with Crippen molar-refractivity contribution in [3.8, 4) is 12.0 Å². The number of anilines is 2. The lowest BCUT2D eigenvalue weighted by molar-refractivity contribution is -0.122. The van der Waals surface area contributed by atoms with Crippen LogP contribution in [0.1, 0.15) is 36.6 Å². The molecule has 0 radical (unpaired) electrons. The van der Waals surface area contributed by atoms with Crippen molar-refractivity contribution in [2.75, 3.05) is 23.3 Å². The summed E-state index contributed by atoms with van der Waals surface area (Å²) in [6.07, 6.45) is -0.575. The van der Waals surface area contributed by atoms with Crippen LogP contribution < -0.4 is 15.0 Å². The molecule has 1 saturated heterocycles. The van der Waals surface area contributed by atoms with E-state index in [0.717, 1.165) is 11.1 Å². The Kier molecular flexibility index (Phi) is 5.88. The summed E-state index contributed by atoms with van der Waals surface area (Å²) in [5.74, 6) is -0.487. The second kappa shape index (κ2) is 8.64. The van der Waals surface area contributed by atoms with Crippen molar-refractivity contribution < 1.29 is 27.9 Å². The van der Waals surface area contributed by atoms with Crippen molar-refractivity contribution in [3.05, 3.63) is 53.2 Å². The van der Waals surface area contributed by atoms with Gasteiger partial charge < -0.3 is 20.1 Å². The van der Waals surface area contributed by atoms with Gasteiger partial charge in [0.05, 0.1) is 0 Å². The molecule has 2 N–H and O–H groups in total. The number of halogens is 2. The van der Waals surface area contributed by atoms with Gasteiger partial charge in [-0.05, 0) is 41.3 Å². The number of nitrogens with zero attached hydrogens (tertiary/aromatic N) is 4. The van der Waals surface area contributed by atoms with Gasteiger partial charge in [0.15, 0.2) is 0 Å². The Morgan fingerprint density at radius 2 is 1.94 bits per heavy atom. The van der Waals surface area contributed by atoms with E-state index in [-0.39, 0.29) is 36.5 Å². The molecule has 33 heavy (non-hydrogen) atoms. The third-order valence-corrected chi connectivity index (χ3v) is 5.59. The number of pyridine rings is 1. The SMILES string of the molecule is Cc1ccc(NC(=O)C2(c3ccccc3C(C)C)CN(c3noc(O)n3)C2)c(OC(F)F)n1. The van der Waals surface area contributed by atoms with Gasteiger partial charge in [0.2, 0.25) is 11.8 Å². The highest BCUT2D eigenvalue weighted by atomic mass is 19.3. The number of ether oxygens (including phenoxy) is 1. The molecule has 1 aliphatic heterocycles. The Balaban J connectivity index is 1.70. The first-order valence-electron chi connectivity index (χ1n) is 10.3. The Morgan fingerprint density at radius 3 is 2.58 bits per heavy atom. The number of hydrogen-bond acceptors (Lipinski definition) is 8. The van der Waals surface area contributed by atoms with Gasteiger partial charge in [-0.15, -0.1) is 4.98 Å². The van der Waals surface area contributed by atoms with Crippen LogP contribution in [-0.4, -0.2) is 45.8 Å². The van der Waals surface area contributed by atoms with E-state index in [9.17, 15) is 18.7 Å². The fourth-order valence-corrected chi connectivity index (χ4v) is 4.00. The molecule has 0 aliphatic carbocycles. The Hall–Kier alpha value is -3.76. The first-order chi connectivity index (χ1) is 15.7. The maximum atomic E-state index is 13.7. The van der Waals surface area contributed by atoms with Gasteiger partial charge in [0.25, 0.3) is 5.95 Å². The number of hydrogen-bond donors (Lipinski definition) is 2. The fraction of sp³-hybridized carbons (Fsp3) is 0.364. The van der Waals surface area contributed by atoms with E-state index >= 15 is 0 Å². The molecule has 1 fully saturated rings. The predicted octanol–water partition coefficient (Wildman–Crippen LogP) is 3.60. The van der Waals surface area contributed by atoms with Crippen molar-refractivity contribution in [2.24, 2.45) is 0 Å². The molecule has 0 saturated carbocycles. The van der Waals surface area contributed by atoms with Crippen LogP contribution in [0.25, 0.3) is 0 Å². The minimum atomic E-state index is -3.09. The fourth-order valence-electron chi connectivity index (χ4n) is 4.00. The molecular formula is C22H23F2N5O4. The molecule has 9 nitrogen and oxygen atoms in total. The molecule has 11 heteroatoms. The van der Waals surface area contributed by atoms with E-state index < -0.39 is 24.0 Å². The Labute approximate surface area is 188 Å². The number of rotatable bonds is 7. The number of amides is 1. The third-order valence-electron chi connectivity index (χ3n) is 5.59. The first kappa shape index (κ1) is 22.4. The van der Waals surface area contributed by atoms with Crippen LogP contribution >= 0.6 is 0 Å². The molecule has 0 unspecified atom stereocenters. The number of benzene rings is 1. The molecule has 0 atom stereocenters. The van der Waals surface area contributed by atoms with E-state index in [4.69, 9.17) is 0 Å². The monoisotopic (exact) mass is 459 g/mol. The van der Waals surface area contributed by atoms with Gasteiger partial charge in [0, 0.05) is 18.8 Å². The molecule has 0 spiro atoms. The second-order valence-corrected chi connectivity index (χ2v) is 8.20. The first-order valence-corrected chi connectivity index (χ1v) is 10.3. The number of carbonyl (C=O) groups excluding carboxylic acids is 1. The lowest BCUT2D eigenvalue weighted by Crippen LogP contribution is -2.66. The number of carbonyl (C=O) groups is 1. The van der Waals surface area contributed by atoms with E-state index in [1.54, 1.807) is 17.9 Å². The zero-order chi connectivity index (χ0) is 23.8. The second-order valence-electron chi connectivity index (χ2n) is 8.20. The summed E-state index contributed by atoms with van der Waals surface area (Å²) >= 11 is 0. The molecule has 2 aromatic heterocycles. The summed E-state index contributed by atoms with van der Waals surface area (Å²) in [6, 6.07) is 10.7. The van der Waals surface area contributed by atoms with Crippen LogP contribution in [0.5, 0.6) is 12.0 Å². The number of aryl methyl sites for hydroxylation is 1. The van der Waals surface area contributed by atoms with Gasteiger partial charge in [-0.2, -0.15) is 8.78 Å². The molecular weight excluding hydrogens is 436 g/mol. The predicted molar refractivity (Wildman–Crippen MR) is 115 cm³/mol. The van der Waals surface area contributed by atoms with Crippen molar-refractivity contribution in [3.63, 3.8) is 0 Å². The van der Waals surface area contributed by atoms with Gasteiger partial charge in [-0.3, -0.25) is 9.32 Å². The van der Waals surface area contributed by atoms with Gasteiger partial charge >= 0.3 is 12.7 Å². The summed E-state index contributed by atoms with van der Waals surface area (Å²) in [5, 5.41) is 15.8. The summed E-state index contributed by atoms with van der Waals surface area (Å²) < 4.78 is 35.0. The van der Waals surface area contributed by atoms with Crippen molar-refractivity contribution in [2.45, 2.75) is 38.7 Å². The van der Waals surface area contributed by atoms with E-state index in [0.29, 0.717) is 5.69 Å². The molecule has 4 rings (SSSR count). The average Bonchev–Trinajstić information content (AvgIpc) is 3.15. The molecule has 3 aromatic rings. The van der Waals surface area contributed by atoms with E-state index in [2.05, 4.69) is 29.7 Å². The zero-order valence-corrected chi connectivity index (χ0v) is 18.2. The third kappa shape index (κ3) is 4.30. The topological polar surface area (TPSA) is 114 Å². The lowest BCUT2D eigenvalue weighted by atomic mass is 9.70. The van der Waals surface area contributed by atoms with Crippen molar-refractivity contribution in [1.82, 2.24) is 15.1 Å². The number of aromatic nitrogens is 3. The number of alkyl halides is 2. The summed E-state index contributed by atoms with van der Waals surface area (Å²) in [7, 11) is 0. The van der Waals surface area contributed by atoms with Crippen molar-refractivity contribution >= 4 is 17.5 Å². The summed E-state index contributed by atoms with van der Waals surface area (Å²) in [6.45, 7) is 2.97. The van der Waals surface area contributed by atoms with E-state index in [1.807, 2.05) is 38.1 Å². The molecule has 1 amide bonds. The normalized spacial score (nSPS) is 14.9. The van der Waals surface area contributed by atoms with Crippen LogP contribution in [-0.2, 0) is 10.2 Å². The largest absolute Gasteiger partial charge is 0.464 e. The van der Waals surface area contributed by atoms with Crippen LogP contribution in [0.15, 0.2) is 40.9 Å². The van der Waals surface area contributed by atoms with E-state index in [1.165, 1.54) is 6.07 Å². The smallest absolute Gasteiger partial charge is 0.416 e. The highest BCUT2D eigenvalue weighted by molar-refractivity contribution is 6.02. The van der Waals surface area contributed by atoms with Gasteiger partial charge in [-0.25, -0.2) is 4.98 Å². The number of aromatic hydroxyl groups is 1. The highest BCUT2D eigenvalue weighted by Crippen LogP contribution is 2.42. The quantitative estimate of drug-likeness (QED) is 0.551. The summed E-state index contributed by atoms with van der Waals surface area (Å²) in [4.78, 5) is 23.2. The molecule has 1 aromatic carbocycles. The Morgan fingerprint density at radius 1 is 1.21 bits per heavy atom. The summed E-state index contributed by atoms with van der Waals surface area (Å²) in [5.41, 5.74) is 1.26. The maximum absolute atomic E-state index is 13.7. The van der Waals surface area contributed by atoms with Crippen LogP contribution in [0.3, 0.4) is 0 Å². The minimum absolute atomic E-state index is 0.0444. The van der Waals surface area contributed by atoms with Gasteiger partial charge in [0.1, 0.15) is 11.1 Å². The van der Waals surface area contributed by atoms with Crippen molar-refractivity contribution in [1.29, 1.82) is 0 Å². The van der Waals surface area contributed by atoms with Crippen LogP contribution in [0.4, 0.5) is 20.4 Å². The molecule has 1 aliphatic rings. The Bertz CT molecular complexity index is 1160. The zero-order valence-electron chi connectivity index (χ0n) is 18.2. The lowest BCUT2D eigenvalue weighted by Gasteiger charge is -2.49.